The van der Waals surface area contributed by atoms with Crippen molar-refractivity contribution in [3.63, 3.8) is 0 Å². The lowest BCUT2D eigenvalue weighted by Crippen LogP contribution is -2.36. The molecule has 0 bridgehead atoms. The molecule has 2 N–H and O–H groups in total. The van der Waals surface area contributed by atoms with Crippen molar-refractivity contribution in [1.82, 2.24) is 4.72 Å². The third-order valence-corrected chi connectivity index (χ3v) is 6.63. The Morgan fingerprint density at radius 1 is 1.07 bits per heavy atom. The van der Waals surface area contributed by atoms with E-state index in [4.69, 9.17) is 0 Å². The second-order valence-electron chi connectivity index (χ2n) is 7.14. The van der Waals surface area contributed by atoms with Gasteiger partial charge in [-0.1, -0.05) is 25.3 Å². The fourth-order valence-corrected chi connectivity index (χ4v) is 4.80. The molecule has 1 fully saturated rings. The van der Waals surface area contributed by atoms with Crippen LogP contribution in [0.3, 0.4) is 0 Å². The van der Waals surface area contributed by atoms with Crippen LogP contribution >= 0.6 is 0 Å². The summed E-state index contributed by atoms with van der Waals surface area (Å²) in [5.41, 5.74) is 0.728. The average Bonchev–Trinajstić information content (AvgIpc) is 2.68. The summed E-state index contributed by atoms with van der Waals surface area (Å²) >= 11 is 0. The predicted octanol–water partition coefficient (Wildman–Crippen LogP) is 3.77. The van der Waals surface area contributed by atoms with Crippen LogP contribution in [0.1, 0.15) is 48.0 Å². The molecule has 154 valence electrons. The molecule has 1 aliphatic carbocycles. The summed E-state index contributed by atoms with van der Waals surface area (Å²) in [6, 6.07) is 10.1. The number of sulfonamides is 1. The quantitative estimate of drug-likeness (QED) is 0.548. The number of hydrogen-bond acceptors (Lipinski definition) is 5. The maximum absolute atomic E-state index is 12.5. The van der Waals surface area contributed by atoms with Gasteiger partial charge in [-0.25, -0.2) is 13.1 Å². The minimum atomic E-state index is -3.62. The Bertz CT molecular complexity index is 1010. The summed E-state index contributed by atoms with van der Waals surface area (Å²) in [5.74, 6) is -0.498. The van der Waals surface area contributed by atoms with Crippen molar-refractivity contribution in [2.75, 3.05) is 5.32 Å². The van der Waals surface area contributed by atoms with E-state index in [2.05, 4.69) is 10.0 Å². The second kappa shape index (κ2) is 8.71. The first-order valence-electron chi connectivity index (χ1n) is 9.46. The van der Waals surface area contributed by atoms with E-state index < -0.39 is 20.9 Å². The van der Waals surface area contributed by atoms with Crippen molar-refractivity contribution < 1.29 is 18.1 Å². The molecule has 8 nitrogen and oxygen atoms in total. The summed E-state index contributed by atoms with van der Waals surface area (Å²) in [7, 11) is -3.62. The van der Waals surface area contributed by atoms with Gasteiger partial charge < -0.3 is 5.32 Å². The topological polar surface area (TPSA) is 118 Å². The van der Waals surface area contributed by atoms with Gasteiger partial charge in [0.1, 0.15) is 0 Å². The molecule has 0 radical (unpaired) electrons. The summed E-state index contributed by atoms with van der Waals surface area (Å²) in [6.07, 6.45) is 4.87. The van der Waals surface area contributed by atoms with Crippen molar-refractivity contribution in [2.45, 2.75) is 50.0 Å². The summed E-state index contributed by atoms with van der Waals surface area (Å²) < 4.78 is 27.8. The van der Waals surface area contributed by atoms with Crippen LogP contribution in [-0.4, -0.2) is 25.3 Å². The maximum atomic E-state index is 12.5. The third kappa shape index (κ3) is 4.99. The molecule has 1 aliphatic rings. The number of hydrogen-bond donors (Lipinski definition) is 2. The van der Waals surface area contributed by atoms with Crippen molar-refractivity contribution in [1.29, 1.82) is 0 Å². The zero-order valence-corrected chi connectivity index (χ0v) is 16.9. The number of nitrogens with one attached hydrogen (secondary N) is 2. The van der Waals surface area contributed by atoms with E-state index in [1.54, 1.807) is 0 Å². The Balaban J connectivity index is 1.71. The lowest BCUT2D eigenvalue weighted by atomic mass is 9.96. The fraction of sp³-hybridized carbons (Fsp3) is 0.350. The van der Waals surface area contributed by atoms with Gasteiger partial charge in [0.25, 0.3) is 11.6 Å². The SMILES string of the molecule is Cc1c(C(=O)Nc2ccc(S(=O)(=O)NC3CCCCC3)cc2)cccc1[N+](=O)[O-]. The molecule has 0 saturated heterocycles. The maximum Gasteiger partial charge on any atom is 0.273 e. The van der Waals surface area contributed by atoms with Crippen LogP contribution < -0.4 is 10.0 Å². The lowest BCUT2D eigenvalue weighted by molar-refractivity contribution is -0.385. The van der Waals surface area contributed by atoms with E-state index >= 15 is 0 Å². The number of nitrogens with zero attached hydrogens (tertiary/aromatic N) is 1. The zero-order valence-electron chi connectivity index (χ0n) is 16.1. The highest BCUT2D eigenvalue weighted by molar-refractivity contribution is 7.89. The molecule has 0 unspecified atom stereocenters. The van der Waals surface area contributed by atoms with Gasteiger partial charge in [0, 0.05) is 28.9 Å². The average molecular weight is 417 g/mol. The number of amides is 1. The molecular formula is C20H23N3O5S. The summed E-state index contributed by atoms with van der Waals surface area (Å²) in [5, 5.41) is 13.7. The molecule has 2 aromatic rings. The minimum absolute atomic E-state index is 0.0371. The largest absolute Gasteiger partial charge is 0.322 e. The monoisotopic (exact) mass is 417 g/mol. The molecule has 9 heteroatoms. The van der Waals surface area contributed by atoms with Gasteiger partial charge in [0.15, 0.2) is 0 Å². The van der Waals surface area contributed by atoms with E-state index in [1.165, 1.54) is 49.4 Å². The van der Waals surface area contributed by atoms with Crippen molar-refractivity contribution in [3.05, 3.63) is 63.7 Å². The zero-order chi connectivity index (χ0) is 21.0. The Morgan fingerprint density at radius 3 is 2.34 bits per heavy atom. The van der Waals surface area contributed by atoms with Gasteiger partial charge in [-0.15, -0.1) is 0 Å². The van der Waals surface area contributed by atoms with Crippen LogP contribution in [0.2, 0.25) is 0 Å². The van der Waals surface area contributed by atoms with E-state index in [1.807, 2.05) is 0 Å². The second-order valence-corrected chi connectivity index (χ2v) is 8.86. The highest BCUT2D eigenvalue weighted by Crippen LogP contribution is 2.23. The molecule has 0 heterocycles. The Hall–Kier alpha value is -2.78. The van der Waals surface area contributed by atoms with Crippen LogP contribution in [0.25, 0.3) is 0 Å². The first-order chi connectivity index (χ1) is 13.8. The van der Waals surface area contributed by atoms with E-state index in [0.29, 0.717) is 5.69 Å². The number of nitro groups is 1. The van der Waals surface area contributed by atoms with Gasteiger partial charge in [-0.3, -0.25) is 14.9 Å². The molecular weight excluding hydrogens is 394 g/mol. The Labute approximate surface area is 169 Å². The lowest BCUT2D eigenvalue weighted by Gasteiger charge is -2.22. The van der Waals surface area contributed by atoms with Crippen LogP contribution in [0.4, 0.5) is 11.4 Å². The number of anilines is 1. The van der Waals surface area contributed by atoms with Gasteiger partial charge in [0.2, 0.25) is 10.0 Å². The van der Waals surface area contributed by atoms with E-state index in [-0.39, 0.29) is 27.8 Å². The molecule has 29 heavy (non-hydrogen) atoms. The first kappa shape index (κ1) is 20.9. The van der Waals surface area contributed by atoms with Crippen LogP contribution in [0.5, 0.6) is 0 Å². The molecule has 0 atom stereocenters. The van der Waals surface area contributed by atoms with Gasteiger partial charge >= 0.3 is 0 Å². The van der Waals surface area contributed by atoms with Gasteiger partial charge in [0.05, 0.1) is 9.82 Å². The van der Waals surface area contributed by atoms with E-state index in [9.17, 15) is 23.3 Å². The van der Waals surface area contributed by atoms with Crippen molar-refractivity contribution in [3.8, 4) is 0 Å². The van der Waals surface area contributed by atoms with Gasteiger partial charge in [-0.2, -0.15) is 0 Å². The third-order valence-electron chi connectivity index (χ3n) is 5.10. The number of carbonyl (C=O) groups excluding carboxylic acids is 1. The molecule has 2 aromatic carbocycles. The molecule has 1 saturated carbocycles. The summed E-state index contributed by atoms with van der Waals surface area (Å²) in [4.78, 5) is 23.1. The number of rotatable bonds is 6. The first-order valence-corrected chi connectivity index (χ1v) is 10.9. The highest BCUT2D eigenvalue weighted by atomic mass is 32.2. The molecule has 1 amide bonds. The van der Waals surface area contributed by atoms with Crippen LogP contribution in [0, 0.1) is 17.0 Å². The Kier molecular flexibility index (Phi) is 6.29. The van der Waals surface area contributed by atoms with Crippen LogP contribution in [0.15, 0.2) is 47.4 Å². The standard InChI is InChI=1S/C20H23N3O5S/c1-14-18(8-5-9-19(14)23(25)26)20(24)21-15-10-12-17(13-11-15)29(27,28)22-16-6-3-2-4-7-16/h5,8-13,16,22H,2-4,6-7H2,1H3,(H,21,24). The predicted molar refractivity (Wildman–Crippen MR) is 109 cm³/mol. The highest BCUT2D eigenvalue weighted by Gasteiger charge is 2.22. The summed E-state index contributed by atoms with van der Waals surface area (Å²) in [6.45, 7) is 1.51. The Morgan fingerprint density at radius 2 is 1.72 bits per heavy atom. The van der Waals surface area contributed by atoms with E-state index in [0.717, 1.165) is 32.1 Å². The van der Waals surface area contributed by atoms with Crippen molar-refractivity contribution in [2.24, 2.45) is 0 Å². The molecule has 0 spiro atoms. The van der Waals surface area contributed by atoms with Crippen molar-refractivity contribution >= 4 is 27.3 Å². The molecule has 0 aromatic heterocycles. The molecule has 0 aliphatic heterocycles. The smallest absolute Gasteiger partial charge is 0.273 e. The molecule has 3 rings (SSSR count). The normalized spacial score (nSPS) is 15.1. The van der Waals surface area contributed by atoms with Crippen LogP contribution in [-0.2, 0) is 10.0 Å². The number of carbonyl (C=O) groups is 1. The van der Waals surface area contributed by atoms with Gasteiger partial charge in [-0.05, 0) is 50.1 Å². The fourth-order valence-electron chi connectivity index (χ4n) is 3.49. The number of benzene rings is 2. The number of nitro benzene ring substituents is 1. The minimum Gasteiger partial charge on any atom is -0.322 e.